The molecule has 3 aliphatic rings. The molecule has 0 saturated carbocycles. The normalized spacial score (nSPS) is 24.1. The lowest BCUT2D eigenvalue weighted by atomic mass is 9.99. The number of likely N-dealkylation sites (tertiary alicyclic amines) is 2. The monoisotopic (exact) mass is 460 g/mol. The molecule has 32 heavy (non-hydrogen) atoms. The van der Waals surface area contributed by atoms with Gasteiger partial charge in [-0.05, 0) is 56.2 Å². The number of benzene rings is 1. The van der Waals surface area contributed by atoms with E-state index in [9.17, 15) is 22.4 Å². The van der Waals surface area contributed by atoms with Crippen molar-refractivity contribution in [3.05, 3.63) is 35.1 Å². The van der Waals surface area contributed by atoms with Gasteiger partial charge in [0.1, 0.15) is 5.82 Å². The Hall–Kier alpha value is -2.20. The number of aryl methyl sites for hydroxylation is 1. The van der Waals surface area contributed by atoms with Gasteiger partial charge in [0.15, 0.2) is 0 Å². The lowest BCUT2D eigenvalue weighted by Gasteiger charge is -2.30. The highest BCUT2D eigenvalue weighted by Crippen LogP contribution is 2.34. The first kappa shape index (κ1) is 24.4. The fourth-order valence-corrected chi connectivity index (χ4v) is 4.71. The molecular formula is C22H28F4N2O4. The van der Waals surface area contributed by atoms with Crippen LogP contribution in [-0.2, 0) is 9.53 Å². The Morgan fingerprint density at radius 1 is 1.09 bits per heavy atom. The Kier molecular flexibility index (Phi) is 7.76. The summed E-state index contributed by atoms with van der Waals surface area (Å²) in [6.07, 6.45) is -0.708. The van der Waals surface area contributed by atoms with E-state index in [1.807, 2.05) is 4.90 Å². The van der Waals surface area contributed by atoms with E-state index >= 15 is 0 Å². The molecular weight excluding hydrogens is 432 g/mol. The summed E-state index contributed by atoms with van der Waals surface area (Å²) in [7, 11) is 0. The number of fused-ring (bicyclic) bond motifs is 1. The molecule has 0 aromatic heterocycles. The van der Waals surface area contributed by atoms with Crippen molar-refractivity contribution in [2.45, 2.75) is 50.9 Å². The number of hydrogen-bond donors (Lipinski definition) is 1. The summed E-state index contributed by atoms with van der Waals surface area (Å²) in [5.74, 6) is -2.34. The maximum absolute atomic E-state index is 13.8. The number of hydrogen-bond acceptors (Lipinski definition) is 4. The van der Waals surface area contributed by atoms with Crippen molar-refractivity contribution < 1.29 is 37.0 Å². The number of nitrogens with zero attached hydrogens (tertiary/aromatic N) is 2. The summed E-state index contributed by atoms with van der Waals surface area (Å²) < 4.78 is 51.0. The minimum Gasteiger partial charge on any atom is -0.475 e. The van der Waals surface area contributed by atoms with Crippen LogP contribution in [0.3, 0.4) is 0 Å². The van der Waals surface area contributed by atoms with Gasteiger partial charge in [0.25, 0.3) is 5.91 Å². The van der Waals surface area contributed by atoms with E-state index in [4.69, 9.17) is 14.6 Å². The second-order valence-electron chi connectivity index (χ2n) is 8.53. The average molecular weight is 460 g/mol. The predicted molar refractivity (Wildman–Crippen MR) is 108 cm³/mol. The first-order chi connectivity index (χ1) is 15.1. The van der Waals surface area contributed by atoms with Gasteiger partial charge >= 0.3 is 12.1 Å². The summed E-state index contributed by atoms with van der Waals surface area (Å²) in [6, 6.07) is 5.60. The second kappa shape index (κ2) is 10.2. The standard InChI is InChI=1S/C20H27FN2O2.C2HF3O2/c1-14-2-3-16(12-17(14)21)20(24)23-9-5-18-19(23)4-8-22(18)13-15-6-10-25-11-7-15;3-2(4,5)1(6)7/h2-3,12,15,18-19H,4-11,13H2,1H3;(H,6,7)/t18-,19+;/m0./s1. The molecule has 2 atom stereocenters. The molecule has 3 fully saturated rings. The van der Waals surface area contributed by atoms with Crippen molar-refractivity contribution in [2.24, 2.45) is 5.92 Å². The average Bonchev–Trinajstić information content (AvgIpc) is 3.33. The predicted octanol–water partition coefficient (Wildman–Crippen LogP) is 3.48. The number of carbonyl (C=O) groups is 2. The lowest BCUT2D eigenvalue weighted by molar-refractivity contribution is -0.192. The summed E-state index contributed by atoms with van der Waals surface area (Å²) in [5, 5.41) is 7.12. The van der Waals surface area contributed by atoms with Gasteiger partial charge in [-0.1, -0.05) is 6.07 Å². The largest absolute Gasteiger partial charge is 0.490 e. The van der Waals surface area contributed by atoms with Crippen LogP contribution in [0.2, 0.25) is 0 Å². The zero-order chi connectivity index (χ0) is 23.5. The Bertz CT molecular complexity index is 827. The van der Waals surface area contributed by atoms with E-state index in [-0.39, 0.29) is 17.8 Å². The van der Waals surface area contributed by atoms with Crippen LogP contribution >= 0.6 is 0 Å². The summed E-state index contributed by atoms with van der Waals surface area (Å²) in [4.78, 5) is 26.3. The molecule has 6 nitrogen and oxygen atoms in total. The molecule has 1 N–H and O–H groups in total. The van der Waals surface area contributed by atoms with Crippen molar-refractivity contribution in [3.8, 4) is 0 Å². The highest BCUT2D eigenvalue weighted by atomic mass is 19.4. The molecule has 0 radical (unpaired) electrons. The number of ether oxygens (including phenoxy) is 1. The molecule has 10 heteroatoms. The van der Waals surface area contributed by atoms with Crippen LogP contribution < -0.4 is 0 Å². The van der Waals surface area contributed by atoms with E-state index in [0.717, 1.165) is 64.4 Å². The molecule has 1 amide bonds. The molecule has 0 unspecified atom stereocenters. The third-order valence-electron chi connectivity index (χ3n) is 6.45. The zero-order valence-corrected chi connectivity index (χ0v) is 17.9. The molecule has 4 rings (SSSR count). The van der Waals surface area contributed by atoms with E-state index in [0.29, 0.717) is 17.2 Å². The van der Waals surface area contributed by atoms with E-state index < -0.39 is 12.1 Å². The van der Waals surface area contributed by atoms with Crippen LogP contribution in [0.25, 0.3) is 0 Å². The molecule has 0 aliphatic carbocycles. The number of carbonyl (C=O) groups excluding carboxylic acids is 1. The molecule has 0 bridgehead atoms. The minimum atomic E-state index is -5.08. The third kappa shape index (κ3) is 5.78. The van der Waals surface area contributed by atoms with Gasteiger partial charge in [-0.15, -0.1) is 0 Å². The Labute approximate surface area is 184 Å². The smallest absolute Gasteiger partial charge is 0.475 e. The van der Waals surface area contributed by atoms with Crippen LogP contribution in [0.15, 0.2) is 18.2 Å². The lowest BCUT2D eigenvalue weighted by Crippen LogP contribution is -2.41. The van der Waals surface area contributed by atoms with Crippen LogP contribution in [0.1, 0.15) is 41.6 Å². The summed E-state index contributed by atoms with van der Waals surface area (Å²) in [5.41, 5.74) is 1.06. The quantitative estimate of drug-likeness (QED) is 0.700. The maximum atomic E-state index is 13.8. The third-order valence-corrected chi connectivity index (χ3v) is 6.45. The van der Waals surface area contributed by atoms with Crippen LogP contribution in [-0.4, -0.2) is 77.9 Å². The number of carboxylic acid groups (broad SMARTS) is 1. The zero-order valence-electron chi connectivity index (χ0n) is 17.9. The molecule has 0 spiro atoms. The molecule has 178 valence electrons. The van der Waals surface area contributed by atoms with E-state index in [1.54, 1.807) is 19.1 Å². The number of rotatable bonds is 3. The topological polar surface area (TPSA) is 70.1 Å². The van der Waals surface area contributed by atoms with Crippen molar-refractivity contribution in [1.29, 1.82) is 0 Å². The van der Waals surface area contributed by atoms with Crippen molar-refractivity contribution in [2.75, 3.05) is 32.8 Å². The molecule has 3 saturated heterocycles. The highest BCUT2D eigenvalue weighted by molar-refractivity contribution is 5.94. The van der Waals surface area contributed by atoms with Crippen molar-refractivity contribution >= 4 is 11.9 Å². The fraction of sp³-hybridized carbons (Fsp3) is 0.636. The molecule has 3 aliphatic heterocycles. The Morgan fingerprint density at radius 3 is 2.31 bits per heavy atom. The minimum absolute atomic E-state index is 0.0145. The summed E-state index contributed by atoms with van der Waals surface area (Å²) >= 11 is 0. The Morgan fingerprint density at radius 2 is 1.72 bits per heavy atom. The molecule has 3 heterocycles. The SMILES string of the molecule is Cc1ccc(C(=O)N2CC[C@H]3[C@H]2CCN3CC2CCOCC2)cc1F.O=C(O)C(F)(F)F. The van der Waals surface area contributed by atoms with Gasteiger partial charge in [0.2, 0.25) is 0 Å². The van der Waals surface area contributed by atoms with Gasteiger partial charge in [0, 0.05) is 50.5 Å². The molecule has 1 aromatic carbocycles. The Balaban J connectivity index is 0.000000360. The van der Waals surface area contributed by atoms with Gasteiger partial charge < -0.3 is 14.7 Å². The van der Waals surface area contributed by atoms with Gasteiger partial charge in [-0.25, -0.2) is 9.18 Å². The first-order valence-corrected chi connectivity index (χ1v) is 10.8. The van der Waals surface area contributed by atoms with Gasteiger partial charge in [-0.3, -0.25) is 9.69 Å². The molecule has 1 aromatic rings. The number of carboxylic acids is 1. The number of halogens is 4. The number of alkyl halides is 3. The van der Waals surface area contributed by atoms with Crippen molar-refractivity contribution in [3.63, 3.8) is 0 Å². The summed E-state index contributed by atoms with van der Waals surface area (Å²) in [6.45, 7) is 6.48. The van der Waals surface area contributed by atoms with Gasteiger partial charge in [0.05, 0.1) is 0 Å². The maximum Gasteiger partial charge on any atom is 0.490 e. The van der Waals surface area contributed by atoms with Crippen LogP contribution in [0.4, 0.5) is 17.6 Å². The van der Waals surface area contributed by atoms with Crippen LogP contribution in [0.5, 0.6) is 0 Å². The number of aliphatic carboxylic acids is 1. The fourth-order valence-electron chi connectivity index (χ4n) is 4.71. The van der Waals surface area contributed by atoms with Crippen molar-refractivity contribution in [1.82, 2.24) is 9.80 Å². The van der Waals surface area contributed by atoms with Crippen LogP contribution in [0, 0.1) is 18.7 Å². The highest BCUT2D eigenvalue weighted by Gasteiger charge is 2.44. The second-order valence-corrected chi connectivity index (χ2v) is 8.53. The number of amides is 1. The van der Waals surface area contributed by atoms with Gasteiger partial charge in [-0.2, -0.15) is 13.2 Å². The van der Waals surface area contributed by atoms with E-state index in [2.05, 4.69) is 4.90 Å². The first-order valence-electron chi connectivity index (χ1n) is 10.8. The van der Waals surface area contributed by atoms with E-state index in [1.165, 1.54) is 6.07 Å².